The molecule has 0 aromatic heterocycles. The summed E-state index contributed by atoms with van der Waals surface area (Å²) in [6.07, 6.45) is 0. The zero-order chi connectivity index (χ0) is 14.2. The lowest BCUT2D eigenvalue weighted by Crippen LogP contribution is -2.47. The minimum Gasteiger partial charge on any atom is -0.507 e. The summed E-state index contributed by atoms with van der Waals surface area (Å²) in [5.74, 6) is 0.0266. The molecule has 0 saturated carbocycles. The third kappa shape index (κ3) is 2.31. The molecule has 0 spiro atoms. The summed E-state index contributed by atoms with van der Waals surface area (Å²) in [5, 5.41) is 12.7. The number of carbonyl (C=O) groups is 1. The van der Waals surface area contributed by atoms with Gasteiger partial charge in [-0.1, -0.05) is 6.07 Å². The van der Waals surface area contributed by atoms with E-state index in [9.17, 15) is 9.90 Å². The molecule has 5 heteroatoms. The van der Waals surface area contributed by atoms with Crippen molar-refractivity contribution in [2.45, 2.75) is 26.8 Å². The Balaban J connectivity index is 2.22. The Morgan fingerprint density at radius 2 is 2.21 bits per heavy atom. The van der Waals surface area contributed by atoms with Gasteiger partial charge >= 0.3 is 0 Å². The summed E-state index contributed by atoms with van der Waals surface area (Å²) < 4.78 is 5.27. The first-order valence-corrected chi connectivity index (χ1v) is 6.30. The number of ether oxygens (including phenoxy) is 1. The first-order valence-electron chi connectivity index (χ1n) is 6.30. The zero-order valence-electron chi connectivity index (χ0n) is 11.5. The minimum atomic E-state index is -0.729. The van der Waals surface area contributed by atoms with Crippen molar-refractivity contribution in [1.29, 1.82) is 0 Å². The molecule has 5 nitrogen and oxygen atoms in total. The van der Waals surface area contributed by atoms with Gasteiger partial charge in [-0.25, -0.2) is 0 Å². The van der Waals surface area contributed by atoms with Gasteiger partial charge in [0.05, 0.1) is 18.6 Å². The van der Waals surface area contributed by atoms with Gasteiger partial charge in [0.1, 0.15) is 5.75 Å². The second-order valence-electron chi connectivity index (χ2n) is 5.40. The van der Waals surface area contributed by atoms with Crippen LogP contribution in [0.1, 0.15) is 18.1 Å². The SMILES string of the molecule is Cc1ccc(NC(=O)C2(C)COCC2N)c(C)c1O. The fourth-order valence-corrected chi connectivity index (χ4v) is 2.16. The third-order valence-electron chi connectivity index (χ3n) is 3.92. The lowest BCUT2D eigenvalue weighted by atomic mass is 9.84. The normalized spacial score (nSPS) is 26.4. The van der Waals surface area contributed by atoms with Gasteiger partial charge in [0, 0.05) is 17.3 Å². The molecule has 19 heavy (non-hydrogen) atoms. The second-order valence-corrected chi connectivity index (χ2v) is 5.40. The van der Waals surface area contributed by atoms with E-state index in [0.717, 1.165) is 5.56 Å². The van der Waals surface area contributed by atoms with E-state index in [1.165, 1.54) is 0 Å². The molecule has 1 amide bonds. The molecule has 1 aliphatic heterocycles. The quantitative estimate of drug-likeness (QED) is 0.752. The Morgan fingerprint density at radius 3 is 2.79 bits per heavy atom. The van der Waals surface area contributed by atoms with E-state index in [-0.39, 0.29) is 17.7 Å². The van der Waals surface area contributed by atoms with Crippen LogP contribution >= 0.6 is 0 Å². The van der Waals surface area contributed by atoms with E-state index >= 15 is 0 Å². The second kappa shape index (κ2) is 4.83. The van der Waals surface area contributed by atoms with Crippen LogP contribution in [0.15, 0.2) is 12.1 Å². The number of aryl methyl sites for hydroxylation is 1. The maximum absolute atomic E-state index is 12.3. The van der Waals surface area contributed by atoms with Gasteiger partial charge in [0.15, 0.2) is 0 Å². The largest absolute Gasteiger partial charge is 0.507 e. The summed E-state index contributed by atoms with van der Waals surface area (Å²) in [4.78, 5) is 12.3. The number of anilines is 1. The third-order valence-corrected chi connectivity index (χ3v) is 3.92. The summed E-state index contributed by atoms with van der Waals surface area (Å²) in [6.45, 7) is 6.09. The molecule has 4 N–H and O–H groups in total. The molecule has 1 aliphatic rings. The number of benzene rings is 1. The van der Waals surface area contributed by atoms with E-state index in [4.69, 9.17) is 10.5 Å². The topological polar surface area (TPSA) is 84.6 Å². The Kier molecular flexibility index (Phi) is 3.52. The minimum absolute atomic E-state index is 0.177. The van der Waals surface area contributed by atoms with E-state index in [2.05, 4.69) is 5.32 Å². The van der Waals surface area contributed by atoms with Crippen LogP contribution < -0.4 is 11.1 Å². The molecular weight excluding hydrogens is 244 g/mol. The highest BCUT2D eigenvalue weighted by molar-refractivity contribution is 5.96. The van der Waals surface area contributed by atoms with E-state index in [0.29, 0.717) is 24.5 Å². The van der Waals surface area contributed by atoms with Crippen molar-refractivity contribution in [3.05, 3.63) is 23.3 Å². The molecule has 0 radical (unpaired) electrons. The van der Waals surface area contributed by atoms with Crippen molar-refractivity contribution in [3.63, 3.8) is 0 Å². The fraction of sp³-hybridized carbons (Fsp3) is 0.500. The summed E-state index contributed by atoms with van der Waals surface area (Å²) in [7, 11) is 0. The first kappa shape index (κ1) is 13.8. The number of hydrogen-bond acceptors (Lipinski definition) is 4. The molecule has 1 aromatic carbocycles. The highest BCUT2D eigenvalue weighted by Crippen LogP contribution is 2.32. The summed E-state index contributed by atoms with van der Waals surface area (Å²) in [5.41, 5.74) is 7.24. The highest BCUT2D eigenvalue weighted by atomic mass is 16.5. The molecule has 2 unspecified atom stereocenters. The van der Waals surface area contributed by atoms with Crippen LogP contribution in [0, 0.1) is 19.3 Å². The van der Waals surface area contributed by atoms with Gasteiger partial charge in [-0.05, 0) is 32.4 Å². The predicted octanol–water partition coefficient (Wildman–Crippen LogP) is 1.31. The molecule has 0 bridgehead atoms. The Labute approximate surface area is 112 Å². The van der Waals surface area contributed by atoms with Crippen molar-refractivity contribution in [3.8, 4) is 5.75 Å². The van der Waals surface area contributed by atoms with Gasteiger partial charge in [0.2, 0.25) is 5.91 Å². The number of hydrogen-bond donors (Lipinski definition) is 3. The number of phenols is 1. The van der Waals surface area contributed by atoms with E-state index in [1.807, 2.05) is 6.92 Å². The van der Waals surface area contributed by atoms with Crippen molar-refractivity contribution in [1.82, 2.24) is 0 Å². The van der Waals surface area contributed by atoms with Crippen LogP contribution in [0.5, 0.6) is 5.75 Å². The van der Waals surface area contributed by atoms with Crippen LogP contribution in [0.2, 0.25) is 0 Å². The van der Waals surface area contributed by atoms with Gasteiger partial charge < -0.3 is 20.9 Å². The lowest BCUT2D eigenvalue weighted by molar-refractivity contribution is -0.125. The maximum atomic E-state index is 12.3. The van der Waals surface area contributed by atoms with E-state index in [1.54, 1.807) is 26.0 Å². The molecular formula is C14H20N2O3. The van der Waals surface area contributed by atoms with Crippen LogP contribution in [-0.2, 0) is 9.53 Å². The number of amides is 1. The molecule has 2 rings (SSSR count). The molecule has 104 valence electrons. The standard InChI is InChI=1S/C14H20N2O3/c1-8-4-5-10(9(2)12(8)17)16-13(18)14(3)7-19-6-11(14)15/h4-5,11,17H,6-7,15H2,1-3H3,(H,16,18). The van der Waals surface area contributed by atoms with Gasteiger partial charge in [-0.3, -0.25) is 4.79 Å². The Hall–Kier alpha value is -1.59. The van der Waals surface area contributed by atoms with Gasteiger partial charge in [-0.15, -0.1) is 0 Å². The van der Waals surface area contributed by atoms with E-state index < -0.39 is 5.41 Å². The number of aromatic hydroxyl groups is 1. The molecule has 2 atom stereocenters. The zero-order valence-corrected chi connectivity index (χ0v) is 11.5. The number of phenolic OH excluding ortho intramolecular Hbond substituents is 1. The summed E-state index contributed by atoms with van der Waals surface area (Å²) >= 11 is 0. The van der Waals surface area contributed by atoms with Crippen LogP contribution in [-0.4, -0.2) is 30.3 Å². The fourth-order valence-electron chi connectivity index (χ4n) is 2.16. The molecule has 1 saturated heterocycles. The smallest absolute Gasteiger partial charge is 0.234 e. The van der Waals surface area contributed by atoms with Crippen LogP contribution in [0.4, 0.5) is 5.69 Å². The number of carbonyl (C=O) groups excluding carboxylic acids is 1. The average molecular weight is 264 g/mol. The maximum Gasteiger partial charge on any atom is 0.234 e. The Morgan fingerprint density at radius 1 is 1.53 bits per heavy atom. The molecule has 1 aromatic rings. The lowest BCUT2D eigenvalue weighted by Gasteiger charge is -2.26. The van der Waals surface area contributed by atoms with Gasteiger partial charge in [0.25, 0.3) is 0 Å². The van der Waals surface area contributed by atoms with Gasteiger partial charge in [-0.2, -0.15) is 0 Å². The average Bonchev–Trinajstić information content (AvgIpc) is 2.72. The molecule has 1 heterocycles. The number of nitrogens with one attached hydrogen (secondary N) is 1. The van der Waals surface area contributed by atoms with Crippen molar-refractivity contribution in [2.24, 2.45) is 11.1 Å². The number of rotatable bonds is 2. The number of nitrogens with two attached hydrogens (primary N) is 1. The van der Waals surface area contributed by atoms with Crippen molar-refractivity contribution < 1.29 is 14.6 Å². The monoisotopic (exact) mass is 264 g/mol. The Bertz CT molecular complexity index is 516. The summed E-state index contributed by atoms with van der Waals surface area (Å²) in [6, 6.07) is 3.24. The first-order chi connectivity index (χ1) is 8.86. The van der Waals surface area contributed by atoms with Crippen LogP contribution in [0.25, 0.3) is 0 Å². The van der Waals surface area contributed by atoms with Crippen molar-refractivity contribution in [2.75, 3.05) is 18.5 Å². The molecule has 0 aliphatic carbocycles. The molecule has 1 fully saturated rings. The highest BCUT2D eigenvalue weighted by Gasteiger charge is 2.44. The van der Waals surface area contributed by atoms with Crippen molar-refractivity contribution >= 4 is 11.6 Å². The predicted molar refractivity (Wildman–Crippen MR) is 73.1 cm³/mol. The van der Waals surface area contributed by atoms with Crippen LogP contribution in [0.3, 0.4) is 0 Å².